The normalized spacial score (nSPS) is 14.9. The van der Waals surface area contributed by atoms with Gasteiger partial charge in [0.1, 0.15) is 0 Å². The number of hydrogen-bond acceptors (Lipinski definition) is 2. The van der Waals surface area contributed by atoms with Crippen molar-refractivity contribution in [2.45, 2.75) is 32.4 Å². The van der Waals surface area contributed by atoms with Gasteiger partial charge in [0.2, 0.25) is 0 Å². The predicted octanol–water partition coefficient (Wildman–Crippen LogP) is 1.14. The molecule has 0 aliphatic heterocycles. The van der Waals surface area contributed by atoms with Crippen molar-refractivity contribution in [1.29, 1.82) is 0 Å². The molecule has 0 aromatic rings. The highest BCUT2D eigenvalue weighted by molar-refractivity contribution is 7.86. The van der Waals surface area contributed by atoms with E-state index in [1.165, 1.54) is 0 Å². The monoisotopic (exact) mass is 177 g/mol. The Morgan fingerprint density at radius 1 is 1.36 bits per heavy atom. The summed E-state index contributed by atoms with van der Waals surface area (Å²) in [5.41, 5.74) is 0. The molecule has 0 aliphatic carbocycles. The number of rotatable bonds is 4. The van der Waals surface area contributed by atoms with Gasteiger partial charge in [0.05, 0.1) is 0 Å². The van der Waals surface area contributed by atoms with Crippen molar-refractivity contribution in [2.24, 2.45) is 0 Å². The van der Waals surface area contributed by atoms with E-state index in [2.05, 4.69) is 12.2 Å². The van der Waals surface area contributed by atoms with Crippen molar-refractivity contribution < 1.29 is 4.21 Å². The molecule has 0 amide bonds. The highest BCUT2D eigenvalue weighted by Gasteiger charge is 2.17. The molecule has 0 aromatic heterocycles. The lowest BCUT2D eigenvalue weighted by Crippen LogP contribution is -2.29. The summed E-state index contributed by atoms with van der Waals surface area (Å²) in [5, 5.41) is 3.16. The van der Waals surface area contributed by atoms with Crippen LogP contribution in [0, 0.1) is 0 Å². The van der Waals surface area contributed by atoms with Gasteiger partial charge in [-0.3, -0.25) is 4.21 Å². The van der Waals surface area contributed by atoms with E-state index in [4.69, 9.17) is 0 Å². The second-order valence-corrected chi connectivity index (χ2v) is 5.84. The molecule has 0 saturated heterocycles. The van der Waals surface area contributed by atoms with Gasteiger partial charge in [-0.25, -0.2) is 0 Å². The zero-order chi connectivity index (χ0) is 8.91. The van der Waals surface area contributed by atoms with E-state index in [0.29, 0.717) is 0 Å². The van der Waals surface area contributed by atoms with Gasteiger partial charge >= 0.3 is 0 Å². The quantitative estimate of drug-likeness (QED) is 0.653. The average Bonchev–Trinajstić information content (AvgIpc) is 1.86. The van der Waals surface area contributed by atoms with Crippen LogP contribution < -0.4 is 5.32 Å². The third-order valence-corrected chi connectivity index (χ3v) is 3.34. The summed E-state index contributed by atoms with van der Waals surface area (Å²) in [4.78, 5) is 0. The van der Waals surface area contributed by atoms with Crippen molar-refractivity contribution in [1.82, 2.24) is 5.32 Å². The van der Waals surface area contributed by atoms with E-state index < -0.39 is 10.8 Å². The molecule has 0 aromatic carbocycles. The fraction of sp³-hybridized carbons (Fsp3) is 1.00. The third kappa shape index (κ3) is 5.39. The average molecular weight is 177 g/mol. The standard InChI is InChI=1S/C8H19NOS/c1-5-9-6-7-11(10)8(2,3)4/h9H,5-7H2,1-4H3. The van der Waals surface area contributed by atoms with Crippen LogP contribution in [0.15, 0.2) is 0 Å². The SMILES string of the molecule is CCNCCS(=O)C(C)(C)C. The Labute approximate surface area is 72.2 Å². The summed E-state index contributed by atoms with van der Waals surface area (Å²) < 4.78 is 11.4. The van der Waals surface area contributed by atoms with Crippen molar-refractivity contribution >= 4 is 10.8 Å². The summed E-state index contributed by atoms with van der Waals surface area (Å²) in [6, 6.07) is 0. The van der Waals surface area contributed by atoms with Gasteiger partial charge in [0.15, 0.2) is 0 Å². The van der Waals surface area contributed by atoms with Gasteiger partial charge in [0, 0.05) is 27.8 Å². The minimum atomic E-state index is -0.701. The van der Waals surface area contributed by atoms with Crippen LogP contribution in [0.2, 0.25) is 0 Å². The first-order valence-corrected chi connectivity index (χ1v) is 5.39. The molecule has 2 nitrogen and oxygen atoms in total. The Hall–Kier alpha value is 0.110. The van der Waals surface area contributed by atoms with E-state index in [1.54, 1.807) is 0 Å². The van der Waals surface area contributed by atoms with Crippen molar-refractivity contribution in [2.75, 3.05) is 18.8 Å². The molecule has 1 N–H and O–H groups in total. The van der Waals surface area contributed by atoms with Gasteiger partial charge in [-0.15, -0.1) is 0 Å². The summed E-state index contributed by atoms with van der Waals surface area (Å²) in [6.45, 7) is 9.90. The van der Waals surface area contributed by atoms with Crippen LogP contribution in [0.25, 0.3) is 0 Å². The summed E-state index contributed by atoms with van der Waals surface area (Å²) in [5.74, 6) is 0.761. The molecule has 1 unspecified atom stereocenters. The molecule has 0 fully saturated rings. The van der Waals surface area contributed by atoms with E-state index in [9.17, 15) is 4.21 Å². The Bertz CT molecular complexity index is 129. The lowest BCUT2D eigenvalue weighted by atomic mass is 10.3. The zero-order valence-electron chi connectivity index (χ0n) is 7.94. The second-order valence-electron chi connectivity index (χ2n) is 3.52. The van der Waals surface area contributed by atoms with Gasteiger partial charge in [-0.2, -0.15) is 0 Å². The first-order chi connectivity index (χ1) is 4.98. The molecule has 0 heterocycles. The minimum absolute atomic E-state index is 0.0601. The zero-order valence-corrected chi connectivity index (χ0v) is 8.75. The fourth-order valence-electron chi connectivity index (χ4n) is 0.648. The van der Waals surface area contributed by atoms with Crippen LogP contribution in [-0.4, -0.2) is 27.8 Å². The van der Waals surface area contributed by atoms with Crippen molar-refractivity contribution in [3.05, 3.63) is 0 Å². The first kappa shape index (κ1) is 11.1. The second kappa shape index (κ2) is 4.88. The molecule has 0 aliphatic rings. The molecule has 3 heteroatoms. The van der Waals surface area contributed by atoms with Crippen LogP contribution in [0.1, 0.15) is 27.7 Å². The molecule has 68 valence electrons. The molecule has 1 atom stereocenters. The van der Waals surface area contributed by atoms with Crippen molar-refractivity contribution in [3.63, 3.8) is 0 Å². The maximum atomic E-state index is 11.4. The molecule has 0 bridgehead atoms. The van der Waals surface area contributed by atoms with Gasteiger partial charge in [0.25, 0.3) is 0 Å². The van der Waals surface area contributed by atoms with Crippen molar-refractivity contribution in [3.8, 4) is 0 Å². The summed E-state index contributed by atoms with van der Waals surface area (Å²) in [7, 11) is -0.701. The van der Waals surface area contributed by atoms with Gasteiger partial charge < -0.3 is 5.32 Å². The van der Waals surface area contributed by atoms with Crippen LogP contribution in [0.4, 0.5) is 0 Å². The molecule has 0 saturated carbocycles. The summed E-state index contributed by atoms with van der Waals surface area (Å²) in [6.07, 6.45) is 0. The van der Waals surface area contributed by atoms with Crippen LogP contribution in [0.3, 0.4) is 0 Å². The molecule has 0 spiro atoms. The number of hydrogen-bond donors (Lipinski definition) is 1. The third-order valence-electron chi connectivity index (χ3n) is 1.40. The number of nitrogens with one attached hydrogen (secondary N) is 1. The Morgan fingerprint density at radius 2 is 1.91 bits per heavy atom. The van der Waals surface area contributed by atoms with E-state index in [-0.39, 0.29) is 4.75 Å². The Balaban J connectivity index is 3.54. The van der Waals surface area contributed by atoms with E-state index in [0.717, 1.165) is 18.8 Å². The lowest BCUT2D eigenvalue weighted by Gasteiger charge is -2.17. The smallest absolute Gasteiger partial charge is 0.0375 e. The molecular formula is C8H19NOS. The van der Waals surface area contributed by atoms with Crippen LogP contribution >= 0.6 is 0 Å². The lowest BCUT2D eigenvalue weighted by molar-refractivity contribution is 0.643. The predicted molar refractivity (Wildman–Crippen MR) is 51.3 cm³/mol. The summed E-state index contributed by atoms with van der Waals surface area (Å²) >= 11 is 0. The molecule has 0 rings (SSSR count). The first-order valence-electron chi connectivity index (χ1n) is 4.07. The molecule has 11 heavy (non-hydrogen) atoms. The largest absolute Gasteiger partial charge is 0.316 e. The van der Waals surface area contributed by atoms with Crippen LogP contribution in [-0.2, 0) is 10.8 Å². The Kier molecular flexibility index (Phi) is 4.93. The maximum absolute atomic E-state index is 11.4. The topological polar surface area (TPSA) is 29.1 Å². The maximum Gasteiger partial charge on any atom is 0.0375 e. The van der Waals surface area contributed by atoms with E-state index in [1.807, 2.05) is 20.8 Å². The molecule has 0 radical (unpaired) electrons. The fourth-order valence-corrected chi connectivity index (χ4v) is 1.59. The minimum Gasteiger partial charge on any atom is -0.316 e. The van der Waals surface area contributed by atoms with Gasteiger partial charge in [-0.1, -0.05) is 6.92 Å². The Morgan fingerprint density at radius 3 is 2.27 bits per heavy atom. The van der Waals surface area contributed by atoms with E-state index >= 15 is 0 Å². The molecular weight excluding hydrogens is 158 g/mol. The van der Waals surface area contributed by atoms with Crippen LogP contribution in [0.5, 0.6) is 0 Å². The highest BCUT2D eigenvalue weighted by Crippen LogP contribution is 2.10. The highest BCUT2D eigenvalue weighted by atomic mass is 32.2. The van der Waals surface area contributed by atoms with Gasteiger partial charge in [-0.05, 0) is 27.3 Å².